The predicted octanol–water partition coefficient (Wildman–Crippen LogP) is 3.56. The van der Waals surface area contributed by atoms with E-state index in [1.54, 1.807) is 0 Å². The molecule has 0 aromatic rings. The number of rotatable bonds is 3. The van der Waals surface area contributed by atoms with Crippen molar-refractivity contribution in [3.8, 4) is 0 Å². The van der Waals surface area contributed by atoms with Crippen LogP contribution in [0.15, 0.2) is 0 Å². The molecule has 18 heavy (non-hydrogen) atoms. The van der Waals surface area contributed by atoms with Crippen LogP contribution in [0.25, 0.3) is 0 Å². The fourth-order valence-corrected chi connectivity index (χ4v) is 4.08. The van der Waals surface area contributed by atoms with E-state index in [-0.39, 0.29) is 0 Å². The lowest BCUT2D eigenvalue weighted by atomic mass is 9.88. The Hall–Kier alpha value is -0.0800. The SMILES string of the molecule is CCNC1CCCCCCC1N1CCCC1(C)C. The van der Waals surface area contributed by atoms with E-state index in [1.807, 2.05) is 0 Å². The Morgan fingerprint density at radius 2 is 1.78 bits per heavy atom. The molecule has 0 aromatic carbocycles. The van der Waals surface area contributed by atoms with Crippen molar-refractivity contribution in [2.45, 2.75) is 89.8 Å². The maximum Gasteiger partial charge on any atom is 0.0254 e. The Bertz CT molecular complexity index is 249. The quantitative estimate of drug-likeness (QED) is 0.826. The number of hydrogen-bond donors (Lipinski definition) is 1. The highest BCUT2D eigenvalue weighted by Crippen LogP contribution is 2.34. The van der Waals surface area contributed by atoms with Crippen LogP contribution in [0.1, 0.15) is 72.1 Å². The molecule has 2 rings (SSSR count). The first-order chi connectivity index (χ1) is 8.65. The first kappa shape index (κ1) is 14.3. The molecule has 1 saturated heterocycles. The number of nitrogens with one attached hydrogen (secondary N) is 1. The molecule has 1 heterocycles. The minimum absolute atomic E-state index is 0.428. The molecular formula is C16H32N2. The Kier molecular flexibility index (Phi) is 5.08. The lowest BCUT2D eigenvalue weighted by Gasteiger charge is -2.43. The molecule has 1 aliphatic carbocycles. The second-order valence-electron chi connectivity index (χ2n) is 6.83. The second-order valence-corrected chi connectivity index (χ2v) is 6.83. The van der Waals surface area contributed by atoms with E-state index in [2.05, 4.69) is 31.0 Å². The van der Waals surface area contributed by atoms with Gasteiger partial charge in [-0.1, -0.05) is 32.6 Å². The number of hydrogen-bond acceptors (Lipinski definition) is 2. The number of likely N-dealkylation sites (N-methyl/N-ethyl adjacent to an activating group) is 1. The zero-order valence-corrected chi connectivity index (χ0v) is 12.7. The lowest BCUT2D eigenvalue weighted by molar-refractivity contribution is 0.0746. The van der Waals surface area contributed by atoms with Gasteiger partial charge in [0.2, 0.25) is 0 Å². The summed E-state index contributed by atoms with van der Waals surface area (Å²) in [7, 11) is 0. The van der Waals surface area contributed by atoms with Crippen molar-refractivity contribution in [1.82, 2.24) is 10.2 Å². The van der Waals surface area contributed by atoms with E-state index in [0.717, 1.165) is 18.6 Å². The van der Waals surface area contributed by atoms with E-state index < -0.39 is 0 Å². The minimum Gasteiger partial charge on any atom is -0.313 e. The average molecular weight is 252 g/mol. The van der Waals surface area contributed by atoms with Gasteiger partial charge in [0.1, 0.15) is 0 Å². The molecule has 1 aliphatic heterocycles. The highest BCUT2D eigenvalue weighted by atomic mass is 15.3. The van der Waals surface area contributed by atoms with Crippen LogP contribution in [0.3, 0.4) is 0 Å². The van der Waals surface area contributed by atoms with E-state index in [4.69, 9.17) is 0 Å². The van der Waals surface area contributed by atoms with Crippen molar-refractivity contribution in [1.29, 1.82) is 0 Å². The molecule has 2 aliphatic rings. The zero-order chi connectivity index (χ0) is 13.0. The van der Waals surface area contributed by atoms with Gasteiger partial charge >= 0.3 is 0 Å². The summed E-state index contributed by atoms with van der Waals surface area (Å²) in [5.41, 5.74) is 0.428. The van der Waals surface area contributed by atoms with Gasteiger partial charge in [0.05, 0.1) is 0 Å². The Morgan fingerprint density at radius 3 is 2.39 bits per heavy atom. The maximum atomic E-state index is 3.78. The van der Waals surface area contributed by atoms with E-state index in [9.17, 15) is 0 Å². The number of nitrogens with zero attached hydrogens (tertiary/aromatic N) is 1. The average Bonchev–Trinajstić information content (AvgIpc) is 2.63. The lowest BCUT2D eigenvalue weighted by Crippen LogP contribution is -2.55. The summed E-state index contributed by atoms with van der Waals surface area (Å²) in [5.74, 6) is 0. The van der Waals surface area contributed by atoms with Crippen LogP contribution >= 0.6 is 0 Å². The standard InChI is InChI=1S/C16H32N2/c1-4-17-14-10-7-5-6-8-11-15(14)18-13-9-12-16(18,2)3/h14-15,17H,4-13H2,1-3H3. The van der Waals surface area contributed by atoms with Gasteiger partial charge in [-0.2, -0.15) is 0 Å². The summed E-state index contributed by atoms with van der Waals surface area (Å²) >= 11 is 0. The van der Waals surface area contributed by atoms with Gasteiger partial charge in [0, 0.05) is 17.6 Å². The van der Waals surface area contributed by atoms with Gasteiger partial charge in [-0.25, -0.2) is 0 Å². The van der Waals surface area contributed by atoms with Crippen molar-refractivity contribution in [3.05, 3.63) is 0 Å². The minimum atomic E-state index is 0.428. The van der Waals surface area contributed by atoms with Crippen molar-refractivity contribution in [2.24, 2.45) is 0 Å². The molecule has 106 valence electrons. The largest absolute Gasteiger partial charge is 0.313 e. The van der Waals surface area contributed by atoms with Gasteiger partial charge < -0.3 is 5.32 Å². The Labute approximate surface area is 114 Å². The van der Waals surface area contributed by atoms with Gasteiger partial charge in [-0.15, -0.1) is 0 Å². The summed E-state index contributed by atoms with van der Waals surface area (Å²) in [6.45, 7) is 9.59. The topological polar surface area (TPSA) is 15.3 Å². The molecule has 0 amide bonds. The summed E-state index contributed by atoms with van der Waals surface area (Å²) in [4.78, 5) is 2.83. The first-order valence-electron chi connectivity index (χ1n) is 8.15. The monoisotopic (exact) mass is 252 g/mol. The highest BCUT2D eigenvalue weighted by Gasteiger charge is 2.39. The van der Waals surface area contributed by atoms with E-state index in [1.165, 1.54) is 57.9 Å². The van der Waals surface area contributed by atoms with Crippen molar-refractivity contribution < 1.29 is 0 Å². The smallest absolute Gasteiger partial charge is 0.0254 e. The number of likely N-dealkylation sites (tertiary alicyclic amines) is 1. The third-order valence-corrected chi connectivity index (χ3v) is 5.06. The molecule has 2 unspecified atom stereocenters. The third kappa shape index (κ3) is 3.27. The molecule has 0 radical (unpaired) electrons. The van der Waals surface area contributed by atoms with Crippen LogP contribution in [0.4, 0.5) is 0 Å². The summed E-state index contributed by atoms with van der Waals surface area (Å²) in [5, 5.41) is 3.78. The molecular weight excluding hydrogens is 220 g/mol. The van der Waals surface area contributed by atoms with Gasteiger partial charge in [0.15, 0.2) is 0 Å². The first-order valence-corrected chi connectivity index (χ1v) is 8.15. The van der Waals surface area contributed by atoms with Crippen LogP contribution < -0.4 is 5.32 Å². The molecule has 2 nitrogen and oxygen atoms in total. The fourth-order valence-electron chi connectivity index (χ4n) is 4.08. The predicted molar refractivity (Wildman–Crippen MR) is 79.0 cm³/mol. The molecule has 2 fully saturated rings. The van der Waals surface area contributed by atoms with Crippen LogP contribution in [-0.4, -0.2) is 35.6 Å². The van der Waals surface area contributed by atoms with Gasteiger partial charge in [-0.3, -0.25) is 4.90 Å². The zero-order valence-electron chi connectivity index (χ0n) is 12.7. The van der Waals surface area contributed by atoms with Crippen LogP contribution in [0.5, 0.6) is 0 Å². The fraction of sp³-hybridized carbons (Fsp3) is 1.00. The molecule has 0 aromatic heterocycles. The molecule has 0 spiro atoms. The molecule has 2 atom stereocenters. The van der Waals surface area contributed by atoms with Gasteiger partial charge in [0.25, 0.3) is 0 Å². The summed E-state index contributed by atoms with van der Waals surface area (Å²) in [6, 6.07) is 1.51. The molecule has 1 N–H and O–H groups in total. The maximum absolute atomic E-state index is 3.78. The van der Waals surface area contributed by atoms with Gasteiger partial charge in [-0.05, 0) is 52.6 Å². The molecule has 0 bridgehead atoms. The Balaban J connectivity index is 2.08. The normalized spacial score (nSPS) is 34.2. The molecule has 1 saturated carbocycles. The van der Waals surface area contributed by atoms with Crippen LogP contribution in [0.2, 0.25) is 0 Å². The van der Waals surface area contributed by atoms with Crippen molar-refractivity contribution in [2.75, 3.05) is 13.1 Å². The van der Waals surface area contributed by atoms with Crippen molar-refractivity contribution in [3.63, 3.8) is 0 Å². The molecule has 2 heteroatoms. The van der Waals surface area contributed by atoms with Crippen molar-refractivity contribution >= 4 is 0 Å². The highest BCUT2D eigenvalue weighted by molar-refractivity contribution is 4.96. The Morgan fingerprint density at radius 1 is 1.06 bits per heavy atom. The summed E-state index contributed by atoms with van der Waals surface area (Å²) < 4.78 is 0. The van der Waals surface area contributed by atoms with E-state index >= 15 is 0 Å². The second kappa shape index (κ2) is 6.38. The van der Waals surface area contributed by atoms with Crippen LogP contribution in [-0.2, 0) is 0 Å². The van der Waals surface area contributed by atoms with Crippen LogP contribution in [0, 0.1) is 0 Å². The summed E-state index contributed by atoms with van der Waals surface area (Å²) in [6.07, 6.45) is 11.3. The van der Waals surface area contributed by atoms with E-state index in [0.29, 0.717) is 5.54 Å². The third-order valence-electron chi connectivity index (χ3n) is 5.06.